The molecule has 0 aromatic heterocycles. The molecule has 0 atom stereocenters. The number of nitrogens with zero attached hydrogens (tertiary/aromatic N) is 2. The van der Waals surface area contributed by atoms with Crippen LogP contribution in [0, 0.1) is 5.92 Å². The highest BCUT2D eigenvalue weighted by Crippen LogP contribution is 2.34. The number of amides is 2. The second kappa shape index (κ2) is 10.8. The largest absolute Gasteiger partial charge is 0.379 e. The molecule has 2 amide bonds. The molecule has 2 aromatic rings. The molecule has 4 rings (SSSR count). The van der Waals surface area contributed by atoms with Gasteiger partial charge in [0, 0.05) is 26.2 Å². The molecule has 0 spiro atoms. The molecule has 2 aromatic carbocycles. The molecule has 0 radical (unpaired) electrons. The Morgan fingerprint density at radius 2 is 1.55 bits per heavy atom. The van der Waals surface area contributed by atoms with Crippen LogP contribution in [0.2, 0.25) is 0 Å². The van der Waals surface area contributed by atoms with Crippen LogP contribution in [0.1, 0.15) is 44.2 Å². The number of carbonyl (C=O) groups excluding carboxylic acids is 2. The van der Waals surface area contributed by atoms with Gasteiger partial charge in [0.1, 0.15) is 5.70 Å². The summed E-state index contributed by atoms with van der Waals surface area (Å²) in [5.74, 6) is 0.253. The number of rotatable bonds is 9. The van der Waals surface area contributed by atoms with E-state index >= 15 is 0 Å². The van der Waals surface area contributed by atoms with Crippen molar-refractivity contribution >= 4 is 17.4 Å². The van der Waals surface area contributed by atoms with E-state index in [1.165, 1.54) is 10.5 Å². The zero-order valence-corrected chi connectivity index (χ0v) is 19.7. The third-order valence-corrected chi connectivity index (χ3v) is 6.48. The van der Waals surface area contributed by atoms with Crippen molar-refractivity contribution in [1.82, 2.24) is 9.80 Å². The zero-order chi connectivity index (χ0) is 23.2. The summed E-state index contributed by atoms with van der Waals surface area (Å²) in [5.41, 5.74) is 3.31. The minimum absolute atomic E-state index is 0.140. The Kier molecular flexibility index (Phi) is 7.61. The molecule has 1 fully saturated rings. The van der Waals surface area contributed by atoms with Gasteiger partial charge in [0.15, 0.2) is 0 Å². The Morgan fingerprint density at radius 1 is 0.909 bits per heavy atom. The first-order valence-corrected chi connectivity index (χ1v) is 12.1. The number of piperidine rings is 1. The molecule has 0 bridgehead atoms. The molecule has 0 saturated carbocycles. The molecular weight excluding hydrogens is 412 g/mol. The highest BCUT2D eigenvalue weighted by Gasteiger charge is 2.41. The van der Waals surface area contributed by atoms with E-state index in [1.54, 1.807) is 0 Å². The predicted octanol–water partition coefficient (Wildman–Crippen LogP) is 4.54. The average Bonchev–Trinajstić information content (AvgIpc) is 3.08. The van der Waals surface area contributed by atoms with Gasteiger partial charge in [-0.25, -0.2) is 0 Å². The monoisotopic (exact) mass is 446 g/mol. The fourth-order valence-corrected chi connectivity index (χ4v) is 4.77. The van der Waals surface area contributed by atoms with Crippen molar-refractivity contribution in [3.63, 3.8) is 0 Å². The maximum absolute atomic E-state index is 13.5. The highest BCUT2D eigenvalue weighted by molar-refractivity contribution is 6.35. The van der Waals surface area contributed by atoms with E-state index in [0.717, 1.165) is 37.9 Å². The van der Waals surface area contributed by atoms with Crippen LogP contribution in [0.4, 0.5) is 0 Å². The summed E-state index contributed by atoms with van der Waals surface area (Å²) in [6.07, 6.45) is 3.88. The normalized spacial score (nSPS) is 17.5. The van der Waals surface area contributed by atoms with Crippen LogP contribution >= 0.6 is 0 Å². The van der Waals surface area contributed by atoms with Crippen LogP contribution in [0.5, 0.6) is 0 Å². The lowest BCUT2D eigenvalue weighted by atomic mass is 9.89. The van der Waals surface area contributed by atoms with E-state index in [4.69, 9.17) is 4.74 Å². The van der Waals surface area contributed by atoms with Gasteiger partial charge in [-0.2, -0.15) is 0 Å². The maximum Gasteiger partial charge on any atom is 0.277 e. The van der Waals surface area contributed by atoms with Gasteiger partial charge in [0.05, 0.1) is 11.7 Å². The van der Waals surface area contributed by atoms with Crippen molar-refractivity contribution < 1.29 is 14.3 Å². The Morgan fingerprint density at radius 3 is 2.18 bits per heavy atom. The first kappa shape index (κ1) is 23.2. The SMILES string of the molecule is CC(C)OCCCN1C(=O)C(c2ccccc2)=C(N2CCC(Cc3ccccc3)CC2)C1=O. The van der Waals surface area contributed by atoms with Crippen molar-refractivity contribution in [2.45, 2.75) is 45.6 Å². The maximum atomic E-state index is 13.5. The van der Waals surface area contributed by atoms with Crippen LogP contribution in [0.25, 0.3) is 5.57 Å². The van der Waals surface area contributed by atoms with E-state index in [9.17, 15) is 9.59 Å². The fraction of sp³-hybridized carbons (Fsp3) is 0.429. The molecule has 2 aliphatic heterocycles. The second-order valence-corrected chi connectivity index (χ2v) is 9.24. The van der Waals surface area contributed by atoms with Crippen LogP contribution in [0.15, 0.2) is 66.4 Å². The van der Waals surface area contributed by atoms with Gasteiger partial charge >= 0.3 is 0 Å². The summed E-state index contributed by atoms with van der Waals surface area (Å²) in [5, 5.41) is 0. The Labute approximate surface area is 197 Å². The molecule has 2 heterocycles. The molecule has 0 aliphatic carbocycles. The van der Waals surface area contributed by atoms with Crippen molar-refractivity contribution in [1.29, 1.82) is 0 Å². The minimum atomic E-state index is -0.183. The molecule has 0 N–H and O–H groups in total. The number of ether oxygens (including phenoxy) is 1. The van der Waals surface area contributed by atoms with E-state index < -0.39 is 0 Å². The molecule has 174 valence electrons. The first-order chi connectivity index (χ1) is 16.0. The van der Waals surface area contributed by atoms with E-state index in [1.807, 2.05) is 50.2 Å². The first-order valence-electron chi connectivity index (χ1n) is 12.1. The predicted molar refractivity (Wildman–Crippen MR) is 130 cm³/mol. The highest BCUT2D eigenvalue weighted by atomic mass is 16.5. The molecule has 0 unspecified atom stereocenters. The number of imide groups is 1. The van der Waals surface area contributed by atoms with Gasteiger partial charge in [-0.3, -0.25) is 14.5 Å². The van der Waals surface area contributed by atoms with Crippen LogP contribution in [-0.4, -0.2) is 54.0 Å². The lowest BCUT2D eigenvalue weighted by molar-refractivity contribution is -0.137. The average molecular weight is 447 g/mol. The summed E-state index contributed by atoms with van der Waals surface area (Å²) < 4.78 is 5.61. The molecule has 1 saturated heterocycles. The number of likely N-dealkylation sites (tertiary alicyclic amines) is 1. The molecule has 5 heteroatoms. The molecule has 5 nitrogen and oxygen atoms in total. The van der Waals surface area contributed by atoms with Gasteiger partial charge in [0.25, 0.3) is 11.8 Å². The standard InChI is InChI=1S/C28H34N2O3/c1-21(2)33-19-9-16-30-27(31)25(24-12-7-4-8-13-24)26(28(30)32)29-17-14-23(15-18-29)20-22-10-5-3-6-11-22/h3-8,10-13,21,23H,9,14-20H2,1-2H3. The molecule has 2 aliphatic rings. The van der Waals surface area contributed by atoms with E-state index in [0.29, 0.717) is 36.8 Å². The van der Waals surface area contributed by atoms with E-state index in [-0.39, 0.29) is 17.9 Å². The number of carbonyl (C=O) groups is 2. The van der Waals surface area contributed by atoms with Crippen molar-refractivity contribution in [3.05, 3.63) is 77.5 Å². The summed E-state index contributed by atoms with van der Waals surface area (Å²) in [4.78, 5) is 30.4. The van der Waals surface area contributed by atoms with Crippen molar-refractivity contribution in [2.75, 3.05) is 26.2 Å². The van der Waals surface area contributed by atoms with Gasteiger partial charge < -0.3 is 9.64 Å². The van der Waals surface area contributed by atoms with Gasteiger partial charge in [-0.05, 0) is 56.6 Å². The second-order valence-electron chi connectivity index (χ2n) is 9.24. The fourth-order valence-electron chi connectivity index (χ4n) is 4.77. The third kappa shape index (κ3) is 5.53. The topological polar surface area (TPSA) is 49.9 Å². The van der Waals surface area contributed by atoms with Gasteiger partial charge in [0.2, 0.25) is 0 Å². The van der Waals surface area contributed by atoms with Crippen molar-refractivity contribution in [3.8, 4) is 0 Å². The molecular formula is C28H34N2O3. The van der Waals surface area contributed by atoms with Crippen LogP contribution < -0.4 is 0 Å². The Bertz CT molecular complexity index is 977. The summed E-state index contributed by atoms with van der Waals surface area (Å²) in [6, 6.07) is 20.2. The third-order valence-electron chi connectivity index (χ3n) is 6.48. The summed E-state index contributed by atoms with van der Waals surface area (Å²) in [6.45, 7) is 6.49. The quantitative estimate of drug-likeness (QED) is 0.419. The number of hydrogen-bond donors (Lipinski definition) is 0. The lowest BCUT2D eigenvalue weighted by Gasteiger charge is -2.34. The van der Waals surface area contributed by atoms with Crippen molar-refractivity contribution in [2.24, 2.45) is 5.92 Å². The van der Waals surface area contributed by atoms with Gasteiger partial charge in [-0.15, -0.1) is 0 Å². The van der Waals surface area contributed by atoms with Crippen LogP contribution in [-0.2, 0) is 20.7 Å². The Hall–Kier alpha value is -2.92. The smallest absolute Gasteiger partial charge is 0.277 e. The Balaban J connectivity index is 1.49. The van der Waals surface area contributed by atoms with Crippen LogP contribution in [0.3, 0.4) is 0 Å². The summed E-state index contributed by atoms with van der Waals surface area (Å²) in [7, 11) is 0. The lowest BCUT2D eigenvalue weighted by Crippen LogP contribution is -2.39. The minimum Gasteiger partial charge on any atom is -0.379 e. The summed E-state index contributed by atoms with van der Waals surface area (Å²) >= 11 is 0. The van der Waals surface area contributed by atoms with E-state index in [2.05, 4.69) is 29.2 Å². The zero-order valence-electron chi connectivity index (χ0n) is 19.7. The van der Waals surface area contributed by atoms with Gasteiger partial charge in [-0.1, -0.05) is 60.7 Å². The molecule has 33 heavy (non-hydrogen) atoms. The number of benzene rings is 2. The number of hydrogen-bond acceptors (Lipinski definition) is 4.